The lowest BCUT2D eigenvalue weighted by Crippen LogP contribution is -1.93. The van der Waals surface area contributed by atoms with Gasteiger partial charge in [-0.05, 0) is 102 Å². The molecule has 0 saturated carbocycles. The van der Waals surface area contributed by atoms with Crippen molar-refractivity contribution in [2.45, 2.75) is 304 Å². The lowest BCUT2D eigenvalue weighted by molar-refractivity contribution is -0.138. The highest BCUT2D eigenvalue weighted by molar-refractivity contribution is 5.67. The lowest BCUT2D eigenvalue weighted by atomic mass is 10.1. The summed E-state index contributed by atoms with van der Waals surface area (Å²) in [6, 6.07) is 0. The van der Waals surface area contributed by atoms with Gasteiger partial charge in [0.25, 0.3) is 0 Å². The number of aliphatic hydroxyl groups is 1. The zero-order valence-corrected chi connectivity index (χ0v) is 44.0. The normalized spacial score (nSPS) is 11.1. The quantitative estimate of drug-likeness (QED) is 0.0353. The van der Waals surface area contributed by atoms with Crippen LogP contribution in [0.3, 0.4) is 0 Å². The molecule has 0 unspecified atom stereocenters. The van der Waals surface area contributed by atoms with Crippen LogP contribution in [0.5, 0.6) is 0 Å². The topological polar surface area (TPSA) is 132 Å². The van der Waals surface area contributed by atoms with E-state index in [9.17, 15) is 14.4 Å². The van der Waals surface area contributed by atoms with Crippen LogP contribution >= 0.6 is 0 Å². The Morgan fingerprint density at radius 1 is 0.308 bits per heavy atom. The van der Waals surface area contributed by atoms with E-state index in [1.54, 1.807) is 0 Å². The zero-order valence-electron chi connectivity index (χ0n) is 44.0. The predicted molar refractivity (Wildman–Crippen MR) is 283 cm³/mol. The second-order valence-corrected chi connectivity index (χ2v) is 18.8. The van der Waals surface area contributed by atoms with Gasteiger partial charge in [-0.15, -0.1) is 0 Å². The van der Waals surface area contributed by atoms with Crippen LogP contribution in [-0.4, -0.2) is 44.9 Å². The highest BCUT2D eigenvalue weighted by Crippen LogP contribution is 2.13. The van der Waals surface area contributed by atoms with Gasteiger partial charge < -0.3 is 20.4 Å². The third kappa shape index (κ3) is 85.5. The summed E-state index contributed by atoms with van der Waals surface area (Å²) in [5, 5.41) is 33.7. The first-order valence-corrected chi connectivity index (χ1v) is 27.8. The Kier molecular flexibility index (Phi) is 70.1. The van der Waals surface area contributed by atoms with Crippen molar-refractivity contribution < 1.29 is 34.8 Å². The molecule has 7 heteroatoms. The van der Waals surface area contributed by atoms with Crippen LogP contribution in [0.2, 0.25) is 0 Å². The van der Waals surface area contributed by atoms with E-state index in [0.717, 1.165) is 38.5 Å². The molecule has 0 rings (SSSR count). The van der Waals surface area contributed by atoms with Gasteiger partial charge in [-0.3, -0.25) is 14.4 Å². The fourth-order valence-electron chi connectivity index (χ4n) is 7.04. The molecular formula is C58H112O7. The van der Waals surface area contributed by atoms with Crippen LogP contribution in [0.25, 0.3) is 0 Å². The molecule has 0 bridgehead atoms. The minimum absolute atomic E-state index is 0.306. The van der Waals surface area contributed by atoms with Crippen LogP contribution in [-0.2, 0) is 14.4 Å². The second kappa shape index (κ2) is 65.9. The molecule has 0 spiro atoms. The third-order valence-corrected chi connectivity index (χ3v) is 11.3. The molecule has 386 valence electrons. The summed E-state index contributed by atoms with van der Waals surface area (Å²) in [5.41, 5.74) is 0. The predicted octanol–water partition coefficient (Wildman–Crippen LogP) is 19.0. The van der Waals surface area contributed by atoms with Gasteiger partial charge in [-0.2, -0.15) is 0 Å². The maximum atomic E-state index is 10.3. The highest BCUT2D eigenvalue weighted by Gasteiger charge is 1.98. The molecular weight excluding hydrogens is 809 g/mol. The van der Waals surface area contributed by atoms with Crippen molar-refractivity contribution in [3.05, 3.63) is 36.5 Å². The minimum atomic E-state index is -0.664. The van der Waals surface area contributed by atoms with Crippen molar-refractivity contribution in [2.75, 3.05) is 6.61 Å². The Hall–Kier alpha value is -2.41. The zero-order chi connectivity index (χ0) is 49.0. The van der Waals surface area contributed by atoms with E-state index in [4.69, 9.17) is 20.4 Å². The summed E-state index contributed by atoms with van der Waals surface area (Å²) in [6.45, 7) is 11.0. The van der Waals surface area contributed by atoms with Crippen molar-refractivity contribution >= 4 is 17.9 Å². The number of allylic oxidation sites excluding steroid dienone is 6. The summed E-state index contributed by atoms with van der Waals surface area (Å²) in [6.07, 6.45) is 63.7. The average molecular weight is 922 g/mol. The van der Waals surface area contributed by atoms with Gasteiger partial charge in [-0.1, -0.05) is 225 Å². The minimum Gasteiger partial charge on any atom is -0.481 e. The molecule has 4 N–H and O–H groups in total. The molecule has 0 aliphatic rings. The van der Waals surface area contributed by atoms with Gasteiger partial charge in [0.1, 0.15) is 0 Å². The van der Waals surface area contributed by atoms with E-state index < -0.39 is 17.9 Å². The lowest BCUT2D eigenvalue weighted by Gasteiger charge is -1.99. The van der Waals surface area contributed by atoms with Crippen molar-refractivity contribution in [1.82, 2.24) is 0 Å². The van der Waals surface area contributed by atoms with Crippen LogP contribution in [0.1, 0.15) is 304 Å². The maximum Gasteiger partial charge on any atom is 0.303 e. The number of aliphatic hydroxyl groups excluding tert-OH is 1. The number of carbonyl (C=O) groups is 3. The number of aliphatic carboxylic acids is 3. The van der Waals surface area contributed by atoms with Crippen molar-refractivity contribution in [3.63, 3.8) is 0 Å². The van der Waals surface area contributed by atoms with Gasteiger partial charge in [0.15, 0.2) is 0 Å². The van der Waals surface area contributed by atoms with Gasteiger partial charge >= 0.3 is 17.9 Å². The molecule has 0 aromatic heterocycles. The molecule has 0 atom stereocenters. The van der Waals surface area contributed by atoms with E-state index in [1.807, 2.05) is 13.8 Å². The average Bonchev–Trinajstić information content (AvgIpc) is 3.28. The fraction of sp³-hybridized carbons (Fsp3) is 0.845. The molecule has 0 heterocycles. The summed E-state index contributed by atoms with van der Waals surface area (Å²) in [5.74, 6) is -1.55. The van der Waals surface area contributed by atoms with E-state index in [2.05, 4.69) is 57.2 Å². The number of rotatable bonds is 46. The first kappa shape index (κ1) is 69.2. The molecule has 65 heavy (non-hydrogen) atoms. The Bertz CT molecular complexity index is 883. The monoisotopic (exact) mass is 921 g/mol. The van der Waals surface area contributed by atoms with Crippen molar-refractivity contribution in [2.24, 2.45) is 5.92 Å². The van der Waals surface area contributed by atoms with Gasteiger partial charge in [0, 0.05) is 25.9 Å². The summed E-state index contributed by atoms with van der Waals surface area (Å²) >= 11 is 0. The molecule has 0 amide bonds. The number of carboxylic acids is 3. The third-order valence-electron chi connectivity index (χ3n) is 11.3. The van der Waals surface area contributed by atoms with Gasteiger partial charge in [0.05, 0.1) is 0 Å². The number of carboxylic acid groups (broad SMARTS) is 3. The SMILES string of the molecule is CC(C)CO.CCCCCCCC/C=C\CCCCCCCC(=O)O.CCCCCCCC/C=C\CCCCCCCC(=O)O.CCCCCCCC/C=C\CCCCCCCC(=O)O. The molecule has 0 aliphatic carbocycles. The maximum absolute atomic E-state index is 10.3. The van der Waals surface area contributed by atoms with E-state index in [1.165, 1.54) is 212 Å². The van der Waals surface area contributed by atoms with E-state index in [0.29, 0.717) is 31.8 Å². The molecule has 0 aliphatic heterocycles. The Morgan fingerprint density at radius 3 is 0.615 bits per heavy atom. The molecule has 0 radical (unpaired) electrons. The van der Waals surface area contributed by atoms with Crippen molar-refractivity contribution in [1.29, 1.82) is 0 Å². The molecule has 0 aromatic carbocycles. The van der Waals surface area contributed by atoms with Crippen molar-refractivity contribution in [3.8, 4) is 0 Å². The number of unbranched alkanes of at least 4 members (excludes halogenated alkanes) is 33. The standard InChI is InChI=1S/3C18H34O2.C4H10O/c3*1-2-3-4-5-6-7-8-9-10-11-12-13-14-15-16-17-18(19)20;1-4(2)3-5/h3*9-10H,2-8,11-17H2,1H3,(H,19,20);4-5H,3H2,1-2H3/b3*10-9-;. The fourth-order valence-corrected chi connectivity index (χ4v) is 7.04. The first-order chi connectivity index (χ1) is 31.6. The summed E-state index contributed by atoms with van der Waals surface area (Å²) < 4.78 is 0. The molecule has 0 fully saturated rings. The van der Waals surface area contributed by atoms with Crippen LogP contribution in [0.4, 0.5) is 0 Å². The molecule has 0 saturated heterocycles. The number of hydrogen-bond acceptors (Lipinski definition) is 4. The van der Waals surface area contributed by atoms with Crippen LogP contribution < -0.4 is 0 Å². The Balaban J connectivity index is -0.000000407. The largest absolute Gasteiger partial charge is 0.481 e. The molecule has 0 aromatic rings. The summed E-state index contributed by atoms with van der Waals surface area (Å²) in [7, 11) is 0. The smallest absolute Gasteiger partial charge is 0.303 e. The van der Waals surface area contributed by atoms with E-state index >= 15 is 0 Å². The Labute approximate surface area is 404 Å². The van der Waals surface area contributed by atoms with E-state index in [-0.39, 0.29) is 0 Å². The second-order valence-electron chi connectivity index (χ2n) is 18.8. The van der Waals surface area contributed by atoms with Gasteiger partial charge in [-0.25, -0.2) is 0 Å². The summed E-state index contributed by atoms with van der Waals surface area (Å²) in [4.78, 5) is 31.0. The Morgan fingerprint density at radius 2 is 0.462 bits per heavy atom. The van der Waals surface area contributed by atoms with Crippen LogP contribution in [0, 0.1) is 5.92 Å². The highest BCUT2D eigenvalue weighted by atomic mass is 16.4. The van der Waals surface area contributed by atoms with Crippen LogP contribution in [0.15, 0.2) is 36.5 Å². The first-order valence-electron chi connectivity index (χ1n) is 27.8. The molecule has 7 nitrogen and oxygen atoms in total. The van der Waals surface area contributed by atoms with Gasteiger partial charge in [0.2, 0.25) is 0 Å². The number of hydrogen-bond donors (Lipinski definition) is 4.